The number of carbonyl (C=O) groups is 2. The first-order chi connectivity index (χ1) is 22.0. The zero-order valence-corrected chi connectivity index (χ0v) is 29.1. The van der Waals surface area contributed by atoms with Gasteiger partial charge in [-0.25, -0.2) is 23.2 Å². The van der Waals surface area contributed by atoms with E-state index >= 15 is 0 Å². The van der Waals surface area contributed by atoms with Gasteiger partial charge in [-0.15, -0.1) is 21.5 Å². The summed E-state index contributed by atoms with van der Waals surface area (Å²) in [7, 11) is -2.38. The Kier molecular flexibility index (Phi) is 9.42. The number of rotatable bonds is 9. The molecule has 1 aliphatic rings. The van der Waals surface area contributed by atoms with Crippen molar-refractivity contribution in [2.75, 3.05) is 24.2 Å². The van der Waals surface area contributed by atoms with E-state index in [9.17, 15) is 18.0 Å². The molecule has 1 aromatic carbocycles. The molecule has 47 heavy (non-hydrogen) atoms. The van der Waals surface area contributed by atoms with Gasteiger partial charge < -0.3 is 19.4 Å². The van der Waals surface area contributed by atoms with Gasteiger partial charge in [-0.1, -0.05) is 30.3 Å². The second-order valence-electron chi connectivity index (χ2n) is 12.8. The highest BCUT2D eigenvalue weighted by atomic mass is 32.2. The lowest BCUT2D eigenvalue weighted by Crippen LogP contribution is -2.47. The quantitative estimate of drug-likeness (QED) is 0.247. The highest BCUT2D eigenvalue weighted by Crippen LogP contribution is 2.36. The number of ether oxygens (including phenoxy) is 1. The molecule has 0 spiro atoms. The average molecular weight is 682 g/mol. The van der Waals surface area contributed by atoms with Gasteiger partial charge in [0.25, 0.3) is 11.8 Å². The summed E-state index contributed by atoms with van der Waals surface area (Å²) in [6.07, 6.45) is 2.24. The van der Waals surface area contributed by atoms with E-state index in [0.717, 1.165) is 39.7 Å². The van der Waals surface area contributed by atoms with E-state index in [0.29, 0.717) is 6.54 Å². The summed E-state index contributed by atoms with van der Waals surface area (Å²) in [6.45, 7) is 9.47. The van der Waals surface area contributed by atoms with Crippen LogP contribution in [0.2, 0.25) is 0 Å². The molecule has 2 atom stereocenters. The largest absolute Gasteiger partial charge is 0.444 e. The Morgan fingerprint density at radius 2 is 1.85 bits per heavy atom. The molecule has 2 unspecified atom stereocenters. The van der Waals surface area contributed by atoms with Crippen molar-refractivity contribution in [3.63, 3.8) is 0 Å². The zero-order chi connectivity index (χ0) is 34.1. The Morgan fingerprint density at radius 3 is 2.49 bits per heavy atom. The zero-order valence-electron chi connectivity index (χ0n) is 27.5. The summed E-state index contributed by atoms with van der Waals surface area (Å²) in [6, 6.07) is 12.2. The molecule has 4 aromatic rings. The van der Waals surface area contributed by atoms with Crippen LogP contribution in [0.25, 0.3) is 11.6 Å². The molecule has 1 fully saturated rings. The number of likely N-dealkylation sites (tertiary alicyclic amines) is 1. The van der Waals surface area contributed by atoms with Gasteiger partial charge >= 0.3 is 6.09 Å². The van der Waals surface area contributed by atoms with Crippen LogP contribution in [0.5, 0.6) is 0 Å². The monoisotopic (exact) mass is 681 g/mol. The first-order valence-corrected chi connectivity index (χ1v) is 17.8. The second-order valence-corrected chi connectivity index (χ2v) is 15.8. The number of hydrogen-bond acceptors (Lipinski definition) is 11. The predicted molar refractivity (Wildman–Crippen MR) is 178 cm³/mol. The fourth-order valence-corrected chi connectivity index (χ4v) is 6.67. The van der Waals surface area contributed by atoms with E-state index in [1.807, 2.05) is 42.6 Å². The van der Waals surface area contributed by atoms with Crippen LogP contribution in [0, 0.1) is 6.92 Å². The maximum absolute atomic E-state index is 14.0. The Morgan fingerprint density at radius 1 is 1.13 bits per heavy atom. The summed E-state index contributed by atoms with van der Waals surface area (Å²) in [4.78, 5) is 37.9. The standard InChI is InChI=1S/C32H39N7O6S2/c1-20-19-46-27(33-20)24-14-11-15-39(24)28(40)22-16-23(34-25(17-22)38(6)47(7,42)43)26-36-37-29(44-26)32(5,18-21-12-9-8-10-13-21)35-30(41)45-31(2,3)4/h8-10,12-13,16-17,19,24H,11,14-15,18H2,1-7H3,(H,35,41). The van der Waals surface area contributed by atoms with Gasteiger partial charge in [0.1, 0.15) is 27.7 Å². The second kappa shape index (κ2) is 13.0. The molecule has 2 amide bonds. The van der Waals surface area contributed by atoms with Crippen molar-refractivity contribution in [3.05, 3.63) is 75.6 Å². The normalized spacial score (nSPS) is 16.5. The maximum Gasteiger partial charge on any atom is 0.408 e. The lowest BCUT2D eigenvalue weighted by atomic mass is 9.92. The third-order valence-corrected chi connectivity index (χ3v) is 9.85. The molecular weight excluding hydrogens is 643 g/mol. The van der Waals surface area contributed by atoms with Crippen molar-refractivity contribution in [2.45, 2.75) is 71.1 Å². The predicted octanol–water partition coefficient (Wildman–Crippen LogP) is 5.25. The lowest BCUT2D eigenvalue weighted by molar-refractivity contribution is 0.0443. The number of aryl methyl sites for hydroxylation is 1. The van der Waals surface area contributed by atoms with Crippen LogP contribution in [0.1, 0.15) is 79.1 Å². The summed E-state index contributed by atoms with van der Waals surface area (Å²) < 4.78 is 37.8. The number of nitrogens with zero attached hydrogens (tertiary/aromatic N) is 6. The van der Waals surface area contributed by atoms with Crippen LogP contribution in [0.15, 0.2) is 52.3 Å². The van der Waals surface area contributed by atoms with Crippen LogP contribution >= 0.6 is 11.3 Å². The van der Waals surface area contributed by atoms with E-state index in [1.54, 1.807) is 32.6 Å². The summed E-state index contributed by atoms with van der Waals surface area (Å²) >= 11 is 1.51. The first kappa shape index (κ1) is 34.0. The molecule has 1 saturated heterocycles. The van der Waals surface area contributed by atoms with Gasteiger partial charge in [-0.3, -0.25) is 9.10 Å². The third kappa shape index (κ3) is 7.96. The van der Waals surface area contributed by atoms with Gasteiger partial charge in [0, 0.05) is 36.7 Å². The van der Waals surface area contributed by atoms with Crippen molar-refractivity contribution >= 4 is 39.2 Å². The van der Waals surface area contributed by atoms with Crippen LogP contribution in [-0.2, 0) is 26.7 Å². The van der Waals surface area contributed by atoms with E-state index in [4.69, 9.17) is 9.15 Å². The topological polar surface area (TPSA) is 161 Å². The molecule has 13 nitrogen and oxygen atoms in total. The molecule has 0 bridgehead atoms. The number of amides is 2. The molecule has 0 aliphatic carbocycles. The highest BCUT2D eigenvalue weighted by Gasteiger charge is 2.38. The molecule has 3 aromatic heterocycles. The van der Waals surface area contributed by atoms with Crippen molar-refractivity contribution < 1.29 is 27.2 Å². The van der Waals surface area contributed by atoms with Crippen LogP contribution in [0.3, 0.4) is 0 Å². The number of thiazole rings is 1. The van der Waals surface area contributed by atoms with E-state index in [1.165, 1.54) is 30.5 Å². The van der Waals surface area contributed by atoms with E-state index in [-0.39, 0.29) is 47.2 Å². The molecule has 0 radical (unpaired) electrons. The number of benzene rings is 1. The summed E-state index contributed by atoms with van der Waals surface area (Å²) in [5, 5.41) is 14.2. The smallest absolute Gasteiger partial charge is 0.408 e. The van der Waals surface area contributed by atoms with Crippen LogP contribution in [0.4, 0.5) is 10.6 Å². The molecule has 5 rings (SSSR count). The number of pyridine rings is 1. The number of carbonyl (C=O) groups excluding carboxylic acids is 2. The minimum atomic E-state index is -3.74. The SMILES string of the molecule is Cc1csc(C2CCCN2C(=O)c2cc(-c3nnc(C(C)(Cc4ccccc4)NC(=O)OC(C)(C)C)o3)nc(N(C)S(C)(=O)=O)c2)n1. The molecule has 15 heteroatoms. The van der Waals surface area contributed by atoms with Crippen LogP contribution in [-0.4, -0.2) is 70.9 Å². The van der Waals surface area contributed by atoms with Crippen molar-refractivity contribution in [1.29, 1.82) is 0 Å². The van der Waals surface area contributed by atoms with Crippen LogP contribution < -0.4 is 9.62 Å². The van der Waals surface area contributed by atoms with Gasteiger partial charge in [-0.05, 0) is 65.2 Å². The summed E-state index contributed by atoms with van der Waals surface area (Å²) in [5.74, 6) is -0.283. The average Bonchev–Trinajstić information content (AvgIpc) is 3.76. The highest BCUT2D eigenvalue weighted by molar-refractivity contribution is 7.92. The Hall–Kier alpha value is -4.37. The number of nitrogens with one attached hydrogen (secondary N) is 1. The molecule has 1 aliphatic heterocycles. The number of alkyl carbamates (subject to hydrolysis) is 1. The van der Waals surface area contributed by atoms with E-state index < -0.39 is 27.3 Å². The molecule has 1 N–H and O–H groups in total. The van der Waals surface area contributed by atoms with Gasteiger partial charge in [-0.2, -0.15) is 0 Å². The number of anilines is 1. The first-order valence-electron chi connectivity index (χ1n) is 15.1. The molecule has 4 heterocycles. The van der Waals surface area contributed by atoms with Crippen molar-refractivity contribution in [2.24, 2.45) is 0 Å². The van der Waals surface area contributed by atoms with Gasteiger partial charge in [0.15, 0.2) is 0 Å². The van der Waals surface area contributed by atoms with Crippen molar-refractivity contribution in [1.82, 2.24) is 30.4 Å². The molecular formula is C32H39N7O6S2. The molecule has 0 saturated carbocycles. The van der Waals surface area contributed by atoms with Gasteiger partial charge in [0.2, 0.25) is 15.9 Å². The Labute approximate surface area is 278 Å². The van der Waals surface area contributed by atoms with Crippen molar-refractivity contribution in [3.8, 4) is 11.6 Å². The summed E-state index contributed by atoms with van der Waals surface area (Å²) in [5.41, 5.74) is 0.135. The third-order valence-electron chi connectivity index (χ3n) is 7.61. The molecule has 250 valence electrons. The Bertz CT molecular complexity index is 1870. The minimum absolute atomic E-state index is 0.00728. The Balaban J connectivity index is 1.54. The minimum Gasteiger partial charge on any atom is -0.444 e. The fourth-order valence-electron chi connectivity index (χ4n) is 5.29. The van der Waals surface area contributed by atoms with E-state index in [2.05, 4.69) is 25.5 Å². The maximum atomic E-state index is 14.0. The lowest BCUT2D eigenvalue weighted by Gasteiger charge is -2.29. The number of hydrogen-bond donors (Lipinski definition) is 1. The number of aromatic nitrogens is 4. The van der Waals surface area contributed by atoms with Gasteiger partial charge in [0.05, 0.1) is 12.3 Å². The fraction of sp³-hybridized carbons (Fsp3) is 0.438. The number of sulfonamides is 1.